The molecule has 2 saturated heterocycles. The summed E-state index contributed by atoms with van der Waals surface area (Å²) in [7, 11) is -0.271. The summed E-state index contributed by atoms with van der Waals surface area (Å²) in [6.45, 7) is 0.238. The van der Waals surface area contributed by atoms with Gasteiger partial charge in [-0.05, 0) is 42.0 Å². The molecule has 0 aromatic heterocycles. The van der Waals surface area contributed by atoms with Crippen molar-refractivity contribution >= 4 is 27.0 Å². The maximum absolute atomic E-state index is 13.1. The first-order valence-electron chi connectivity index (χ1n) is 7.63. The average molecular weight is 332 g/mol. The van der Waals surface area contributed by atoms with Crippen LogP contribution in [0.25, 0.3) is 0 Å². The van der Waals surface area contributed by atoms with Gasteiger partial charge in [0, 0.05) is 6.54 Å². The van der Waals surface area contributed by atoms with Crippen LogP contribution in [-0.2, 0) is 9.59 Å². The van der Waals surface area contributed by atoms with Crippen molar-refractivity contribution in [2.75, 3.05) is 18.1 Å². The molecule has 4 nitrogen and oxygen atoms in total. The second-order valence-electron chi connectivity index (χ2n) is 5.79. The molecule has 2 heterocycles. The number of halogens is 1. The minimum absolute atomic E-state index is 0.217. The molecule has 23 heavy (non-hydrogen) atoms. The maximum Gasteiger partial charge on any atom is 0.228 e. The number of carbonyl (C=O) groups excluding carboxylic acids is 2. The van der Waals surface area contributed by atoms with Crippen LogP contribution in [0.15, 0.2) is 24.3 Å². The van der Waals surface area contributed by atoms with Crippen molar-refractivity contribution in [2.24, 2.45) is 5.92 Å². The van der Waals surface area contributed by atoms with Crippen LogP contribution in [0.4, 0.5) is 4.39 Å². The van der Waals surface area contributed by atoms with Crippen LogP contribution in [0, 0.1) is 23.1 Å². The van der Waals surface area contributed by atoms with E-state index in [9.17, 15) is 19.2 Å². The Labute approximate surface area is 136 Å². The number of ketones is 1. The van der Waals surface area contributed by atoms with Crippen LogP contribution in [-0.4, -0.2) is 34.6 Å². The Morgan fingerprint density at radius 2 is 1.91 bits per heavy atom. The first kappa shape index (κ1) is 15.9. The molecule has 2 aliphatic heterocycles. The summed E-state index contributed by atoms with van der Waals surface area (Å²) in [6, 6.07) is 7.75. The van der Waals surface area contributed by atoms with E-state index in [2.05, 4.69) is 11.4 Å². The SMILES string of the molecule is N#CC(C(=O)[C@H]1CNC(=O)[C@@H]1c1ccc(F)cc1)=S1CCCC1. The number of nitrogens with zero attached hydrogens (tertiary/aromatic N) is 1. The molecule has 0 unspecified atom stereocenters. The first-order chi connectivity index (χ1) is 11.1. The largest absolute Gasteiger partial charge is 0.355 e. The van der Waals surface area contributed by atoms with Gasteiger partial charge in [0.15, 0.2) is 5.78 Å². The van der Waals surface area contributed by atoms with Gasteiger partial charge in [-0.2, -0.15) is 15.7 Å². The lowest BCUT2D eigenvalue weighted by Gasteiger charge is -2.16. The first-order valence-corrected chi connectivity index (χ1v) is 9.20. The Morgan fingerprint density at radius 1 is 1.26 bits per heavy atom. The molecular weight excluding hydrogens is 315 g/mol. The zero-order chi connectivity index (χ0) is 16.4. The highest BCUT2D eigenvalue weighted by atomic mass is 32.2. The normalized spacial score (nSPS) is 24.3. The van der Waals surface area contributed by atoms with Crippen LogP contribution in [0.2, 0.25) is 0 Å². The zero-order valence-electron chi connectivity index (χ0n) is 12.5. The number of nitriles is 1. The number of Topliss-reactive ketones (excluding diaryl/α,β-unsaturated/α-hetero) is 1. The number of carbonyl (C=O) groups is 2. The van der Waals surface area contributed by atoms with Crippen molar-refractivity contribution in [1.29, 1.82) is 5.26 Å². The molecule has 0 bridgehead atoms. The van der Waals surface area contributed by atoms with E-state index in [1.807, 2.05) is 0 Å². The van der Waals surface area contributed by atoms with Crippen LogP contribution in [0.1, 0.15) is 24.3 Å². The van der Waals surface area contributed by atoms with E-state index in [4.69, 9.17) is 0 Å². The summed E-state index contributed by atoms with van der Waals surface area (Å²) >= 11 is 0. The minimum atomic E-state index is -0.641. The van der Waals surface area contributed by atoms with Gasteiger partial charge in [-0.15, -0.1) is 0 Å². The fourth-order valence-corrected chi connectivity index (χ4v) is 5.49. The summed E-state index contributed by atoms with van der Waals surface area (Å²) in [5.41, 5.74) is 0.617. The number of hydrogen-bond donors (Lipinski definition) is 1. The number of amides is 1. The van der Waals surface area contributed by atoms with Crippen molar-refractivity contribution in [2.45, 2.75) is 18.8 Å². The van der Waals surface area contributed by atoms with Crippen LogP contribution in [0.3, 0.4) is 0 Å². The standard InChI is InChI=1S/C17H17FN2O2S/c18-12-5-3-11(4-6-12)15-13(10-20-17(15)22)16(21)14(9-19)23-7-1-2-8-23/h3-6,13,15H,1-2,7-8,10H2,(H,20,22)/t13-,15+/m0/s1. The van der Waals surface area contributed by atoms with Gasteiger partial charge in [-0.3, -0.25) is 9.59 Å². The summed E-state index contributed by atoms with van der Waals surface area (Å²) in [5, 5.41) is 12.1. The van der Waals surface area contributed by atoms with Crippen molar-refractivity contribution in [3.8, 4) is 6.07 Å². The Kier molecular flexibility index (Phi) is 4.58. The highest BCUT2D eigenvalue weighted by molar-refractivity contribution is 8.17. The lowest BCUT2D eigenvalue weighted by molar-refractivity contribution is -0.123. The van der Waals surface area contributed by atoms with Gasteiger partial charge in [0.1, 0.15) is 16.8 Å². The molecule has 1 aromatic carbocycles. The van der Waals surface area contributed by atoms with Crippen molar-refractivity contribution in [3.63, 3.8) is 0 Å². The molecule has 0 spiro atoms. The molecule has 3 rings (SSSR count). The smallest absolute Gasteiger partial charge is 0.228 e. The van der Waals surface area contributed by atoms with E-state index in [0.717, 1.165) is 24.3 Å². The molecule has 0 aliphatic carbocycles. The number of hydrogen-bond acceptors (Lipinski definition) is 3. The zero-order valence-corrected chi connectivity index (χ0v) is 13.4. The molecule has 1 amide bonds. The second kappa shape index (κ2) is 6.63. The number of rotatable bonds is 3. The molecule has 1 N–H and O–H groups in total. The Bertz CT molecular complexity index is 713. The van der Waals surface area contributed by atoms with Crippen molar-refractivity contribution in [1.82, 2.24) is 5.32 Å². The topological polar surface area (TPSA) is 70.0 Å². The molecule has 2 aliphatic rings. The molecule has 0 radical (unpaired) electrons. The Hall–Kier alpha value is -2.00. The molecule has 1 aromatic rings. The lowest BCUT2D eigenvalue weighted by atomic mass is 9.85. The third-order valence-electron chi connectivity index (χ3n) is 4.39. The van der Waals surface area contributed by atoms with Crippen LogP contribution < -0.4 is 5.32 Å². The summed E-state index contributed by atoms with van der Waals surface area (Å²) in [6.07, 6.45) is 2.09. The van der Waals surface area contributed by atoms with Gasteiger partial charge in [-0.25, -0.2) is 4.39 Å². The third-order valence-corrected chi connectivity index (χ3v) is 6.83. The monoisotopic (exact) mass is 332 g/mol. The molecule has 120 valence electrons. The van der Waals surface area contributed by atoms with Gasteiger partial charge in [0.2, 0.25) is 5.91 Å². The Balaban J connectivity index is 1.93. The van der Waals surface area contributed by atoms with E-state index in [0.29, 0.717) is 10.4 Å². The predicted molar refractivity (Wildman–Crippen MR) is 87.8 cm³/mol. The molecule has 6 heteroatoms. The quantitative estimate of drug-likeness (QED) is 0.861. The average Bonchev–Trinajstić information content (AvgIpc) is 3.19. The summed E-state index contributed by atoms with van der Waals surface area (Å²) in [5.74, 6) is -0.263. The highest BCUT2D eigenvalue weighted by Gasteiger charge is 2.42. The van der Waals surface area contributed by atoms with Crippen LogP contribution >= 0.6 is 10.5 Å². The summed E-state index contributed by atoms with van der Waals surface area (Å²) in [4.78, 5) is 25.3. The Morgan fingerprint density at radius 3 is 2.52 bits per heavy atom. The number of nitrogens with one attached hydrogen (secondary N) is 1. The van der Waals surface area contributed by atoms with E-state index in [-0.39, 0.29) is 34.5 Å². The third kappa shape index (κ3) is 3.06. The highest BCUT2D eigenvalue weighted by Crippen LogP contribution is 2.33. The molecule has 0 saturated carbocycles. The summed E-state index contributed by atoms with van der Waals surface area (Å²) < 4.78 is 13.1. The van der Waals surface area contributed by atoms with Gasteiger partial charge in [0.05, 0.1) is 11.8 Å². The maximum atomic E-state index is 13.1. The predicted octanol–water partition coefficient (Wildman–Crippen LogP) is 1.98. The van der Waals surface area contributed by atoms with E-state index in [1.54, 1.807) is 0 Å². The molecule has 2 fully saturated rings. The van der Waals surface area contributed by atoms with E-state index >= 15 is 0 Å². The van der Waals surface area contributed by atoms with Crippen LogP contribution in [0.5, 0.6) is 0 Å². The van der Waals surface area contributed by atoms with Crippen molar-refractivity contribution < 1.29 is 14.0 Å². The van der Waals surface area contributed by atoms with E-state index < -0.39 is 11.8 Å². The second-order valence-corrected chi connectivity index (χ2v) is 8.00. The number of benzene rings is 1. The minimum Gasteiger partial charge on any atom is -0.355 e. The molecule has 2 atom stereocenters. The van der Waals surface area contributed by atoms with Gasteiger partial charge in [0.25, 0.3) is 0 Å². The fourth-order valence-electron chi connectivity index (χ4n) is 3.21. The van der Waals surface area contributed by atoms with Gasteiger partial charge >= 0.3 is 0 Å². The van der Waals surface area contributed by atoms with Gasteiger partial charge in [-0.1, -0.05) is 12.1 Å². The van der Waals surface area contributed by atoms with Gasteiger partial charge < -0.3 is 5.32 Å². The molecular formula is C17H17FN2O2S. The fraction of sp³-hybridized carbons (Fsp3) is 0.412. The van der Waals surface area contributed by atoms with Crippen molar-refractivity contribution in [3.05, 3.63) is 35.6 Å². The lowest BCUT2D eigenvalue weighted by Crippen LogP contribution is -2.28. The van der Waals surface area contributed by atoms with E-state index in [1.165, 1.54) is 24.3 Å².